The molecular weight excluding hydrogens is 288 g/mol. The average molecular weight is 312 g/mol. The number of hydrogen-bond acceptors (Lipinski definition) is 5. The molecule has 2 aliphatic rings. The molecule has 1 aromatic heterocycles. The zero-order chi connectivity index (χ0) is 15.8. The van der Waals surface area contributed by atoms with Gasteiger partial charge in [-0.3, -0.25) is 4.90 Å². The van der Waals surface area contributed by atoms with Crippen LogP contribution in [0.5, 0.6) is 0 Å². The first-order chi connectivity index (χ1) is 11.3. The van der Waals surface area contributed by atoms with E-state index >= 15 is 0 Å². The first-order valence-electron chi connectivity index (χ1n) is 8.59. The summed E-state index contributed by atoms with van der Waals surface area (Å²) < 4.78 is 5.52. The van der Waals surface area contributed by atoms with Gasteiger partial charge in [-0.05, 0) is 37.8 Å². The Morgan fingerprint density at radius 3 is 2.74 bits per heavy atom. The molecule has 0 bridgehead atoms. The van der Waals surface area contributed by atoms with Crippen LogP contribution in [-0.4, -0.2) is 34.7 Å². The predicted molar refractivity (Wildman–Crippen MR) is 88.0 cm³/mol. The number of hydrogen-bond donors (Lipinski definition) is 1. The summed E-state index contributed by atoms with van der Waals surface area (Å²) in [6.45, 7) is 4.84. The second-order valence-corrected chi connectivity index (χ2v) is 6.91. The summed E-state index contributed by atoms with van der Waals surface area (Å²) in [5.74, 6) is 3.13. The monoisotopic (exact) mass is 312 g/mol. The zero-order valence-corrected chi connectivity index (χ0v) is 13.6. The third-order valence-electron chi connectivity index (χ3n) is 5.30. The van der Waals surface area contributed by atoms with E-state index < -0.39 is 0 Å². The maximum absolute atomic E-state index is 6.04. The van der Waals surface area contributed by atoms with Crippen LogP contribution in [0.3, 0.4) is 0 Å². The van der Waals surface area contributed by atoms with Gasteiger partial charge in [0.05, 0.1) is 6.04 Å². The summed E-state index contributed by atoms with van der Waals surface area (Å²) in [6.07, 6.45) is 2.39. The normalized spacial score (nSPS) is 26.5. The van der Waals surface area contributed by atoms with Crippen molar-refractivity contribution in [1.82, 2.24) is 15.0 Å². The lowest BCUT2D eigenvalue weighted by atomic mass is 9.89. The highest BCUT2D eigenvalue weighted by Gasteiger charge is 2.37. The molecule has 2 aromatic rings. The highest BCUT2D eigenvalue weighted by Crippen LogP contribution is 2.40. The number of aromatic nitrogens is 2. The number of likely N-dealkylation sites (tertiary alicyclic amines) is 1. The molecule has 0 spiro atoms. The molecule has 0 radical (unpaired) electrons. The van der Waals surface area contributed by atoms with Crippen LogP contribution in [0.4, 0.5) is 0 Å². The molecule has 2 N–H and O–H groups in total. The van der Waals surface area contributed by atoms with Crippen molar-refractivity contribution in [2.45, 2.75) is 37.6 Å². The largest absolute Gasteiger partial charge is 0.338 e. The lowest BCUT2D eigenvalue weighted by Gasteiger charge is -2.21. The molecule has 1 aliphatic heterocycles. The van der Waals surface area contributed by atoms with Crippen molar-refractivity contribution in [3.05, 3.63) is 47.6 Å². The second-order valence-electron chi connectivity index (χ2n) is 6.91. The molecule has 5 nitrogen and oxygen atoms in total. The van der Waals surface area contributed by atoms with E-state index in [9.17, 15) is 0 Å². The van der Waals surface area contributed by atoms with Gasteiger partial charge in [0.1, 0.15) is 0 Å². The minimum absolute atomic E-state index is 0.151. The van der Waals surface area contributed by atoms with Gasteiger partial charge >= 0.3 is 0 Å². The molecule has 1 aromatic carbocycles. The Balaban J connectivity index is 1.50. The Kier molecular flexibility index (Phi) is 3.91. The van der Waals surface area contributed by atoms with Crippen LogP contribution in [0, 0.1) is 5.92 Å². The lowest BCUT2D eigenvalue weighted by molar-refractivity contribution is 0.202. The highest BCUT2D eigenvalue weighted by atomic mass is 16.5. The van der Waals surface area contributed by atoms with Crippen LogP contribution in [0.2, 0.25) is 0 Å². The molecule has 1 unspecified atom stereocenters. The fourth-order valence-corrected chi connectivity index (χ4v) is 3.62. The summed E-state index contributed by atoms with van der Waals surface area (Å²) in [5, 5.41) is 4.15. The van der Waals surface area contributed by atoms with E-state index in [0.717, 1.165) is 24.8 Å². The van der Waals surface area contributed by atoms with E-state index in [-0.39, 0.29) is 6.04 Å². The zero-order valence-electron chi connectivity index (χ0n) is 13.6. The SMILES string of the molecule is CC(c1nc(C2CC2)no1)N1C[C@@H](CN)[C@H](c2ccccc2)C1. The van der Waals surface area contributed by atoms with Gasteiger partial charge < -0.3 is 10.3 Å². The van der Waals surface area contributed by atoms with Crippen molar-refractivity contribution in [1.29, 1.82) is 0 Å². The van der Waals surface area contributed by atoms with Gasteiger partial charge in [0.15, 0.2) is 5.82 Å². The molecule has 1 saturated carbocycles. The first-order valence-corrected chi connectivity index (χ1v) is 8.59. The molecule has 1 saturated heterocycles. The minimum Gasteiger partial charge on any atom is -0.338 e. The van der Waals surface area contributed by atoms with Gasteiger partial charge in [0.25, 0.3) is 0 Å². The van der Waals surface area contributed by atoms with Crippen molar-refractivity contribution in [3.63, 3.8) is 0 Å². The molecule has 5 heteroatoms. The van der Waals surface area contributed by atoms with Crippen molar-refractivity contribution in [2.24, 2.45) is 11.7 Å². The van der Waals surface area contributed by atoms with Gasteiger partial charge in [0.2, 0.25) is 5.89 Å². The molecule has 4 rings (SSSR count). The second kappa shape index (κ2) is 6.06. The Bertz CT molecular complexity index is 652. The molecule has 23 heavy (non-hydrogen) atoms. The molecule has 3 atom stereocenters. The third kappa shape index (κ3) is 2.91. The van der Waals surface area contributed by atoms with Crippen molar-refractivity contribution in [2.75, 3.05) is 19.6 Å². The number of rotatable bonds is 5. The molecule has 0 amide bonds. The topological polar surface area (TPSA) is 68.2 Å². The molecule has 122 valence electrons. The maximum atomic E-state index is 6.04. The van der Waals surface area contributed by atoms with E-state index in [2.05, 4.69) is 52.3 Å². The Labute approximate surface area is 136 Å². The van der Waals surface area contributed by atoms with Crippen LogP contribution in [0.25, 0.3) is 0 Å². The third-order valence-corrected chi connectivity index (χ3v) is 5.30. The van der Waals surface area contributed by atoms with Gasteiger partial charge in [-0.2, -0.15) is 4.98 Å². The van der Waals surface area contributed by atoms with Crippen LogP contribution in [-0.2, 0) is 0 Å². The Hall–Kier alpha value is -1.72. The number of benzene rings is 1. The van der Waals surface area contributed by atoms with E-state index in [1.165, 1.54) is 18.4 Å². The van der Waals surface area contributed by atoms with Gasteiger partial charge in [-0.1, -0.05) is 35.5 Å². The van der Waals surface area contributed by atoms with Gasteiger partial charge in [0, 0.05) is 24.9 Å². The first kappa shape index (κ1) is 14.8. The molecule has 2 heterocycles. The summed E-state index contributed by atoms with van der Waals surface area (Å²) in [4.78, 5) is 7.04. The van der Waals surface area contributed by atoms with Crippen molar-refractivity contribution in [3.8, 4) is 0 Å². The Morgan fingerprint density at radius 1 is 1.26 bits per heavy atom. The molecule has 2 fully saturated rings. The quantitative estimate of drug-likeness (QED) is 0.919. The maximum Gasteiger partial charge on any atom is 0.243 e. The standard InChI is InChI=1S/C18H24N4O/c1-12(18-20-17(21-23-18)14-7-8-14)22-10-15(9-19)16(11-22)13-5-3-2-4-6-13/h2-6,12,14-16H,7-11,19H2,1H3/t12?,15-,16+/m1/s1. The van der Waals surface area contributed by atoms with Crippen LogP contribution in [0.1, 0.15) is 54.9 Å². The smallest absolute Gasteiger partial charge is 0.243 e. The lowest BCUT2D eigenvalue weighted by Crippen LogP contribution is -2.26. The van der Waals surface area contributed by atoms with E-state index in [4.69, 9.17) is 10.3 Å². The molecular formula is C18H24N4O. The van der Waals surface area contributed by atoms with Gasteiger partial charge in [-0.25, -0.2) is 0 Å². The Morgan fingerprint density at radius 2 is 2.04 bits per heavy atom. The van der Waals surface area contributed by atoms with Crippen LogP contribution < -0.4 is 5.73 Å². The fraction of sp³-hybridized carbons (Fsp3) is 0.556. The van der Waals surface area contributed by atoms with Crippen LogP contribution in [0.15, 0.2) is 34.9 Å². The highest BCUT2D eigenvalue weighted by molar-refractivity contribution is 5.23. The summed E-state index contributed by atoms with van der Waals surface area (Å²) in [5.41, 5.74) is 7.41. The molecule has 1 aliphatic carbocycles. The minimum atomic E-state index is 0.151. The van der Waals surface area contributed by atoms with E-state index in [1.54, 1.807) is 0 Å². The average Bonchev–Trinajstić information content (AvgIpc) is 3.17. The van der Waals surface area contributed by atoms with E-state index in [1.807, 2.05) is 0 Å². The number of nitrogens with zero attached hydrogens (tertiary/aromatic N) is 3. The summed E-state index contributed by atoms with van der Waals surface area (Å²) >= 11 is 0. The van der Waals surface area contributed by atoms with Gasteiger partial charge in [-0.15, -0.1) is 0 Å². The number of nitrogens with two attached hydrogens (primary N) is 1. The van der Waals surface area contributed by atoms with Crippen molar-refractivity contribution < 1.29 is 4.52 Å². The van der Waals surface area contributed by atoms with E-state index in [0.29, 0.717) is 24.3 Å². The summed E-state index contributed by atoms with van der Waals surface area (Å²) in [6, 6.07) is 10.8. The fourth-order valence-electron chi connectivity index (χ4n) is 3.62. The van der Waals surface area contributed by atoms with Crippen LogP contribution >= 0.6 is 0 Å². The summed E-state index contributed by atoms with van der Waals surface area (Å²) in [7, 11) is 0. The predicted octanol–water partition coefficient (Wildman–Crippen LogP) is 2.68. The van der Waals surface area contributed by atoms with Crippen molar-refractivity contribution >= 4 is 0 Å².